The molecule has 36 heavy (non-hydrogen) atoms. The Hall–Kier alpha value is -4.05. The number of benzene rings is 2. The number of rotatable bonds is 7. The largest absolute Gasteiger partial charge is 0.372 e. The van der Waals surface area contributed by atoms with Crippen molar-refractivity contribution >= 4 is 23.1 Å². The molecule has 0 aliphatic carbocycles. The van der Waals surface area contributed by atoms with E-state index in [-0.39, 0.29) is 22.7 Å². The average molecular weight is 492 g/mol. The fourth-order valence-corrected chi connectivity index (χ4v) is 4.44. The number of nitro benzene ring substituents is 1. The molecule has 3 aromatic rings. The van der Waals surface area contributed by atoms with E-state index in [0.29, 0.717) is 44.0 Å². The summed E-state index contributed by atoms with van der Waals surface area (Å²) in [6, 6.07) is 11.0. The predicted molar refractivity (Wildman–Crippen MR) is 134 cm³/mol. The van der Waals surface area contributed by atoms with Crippen molar-refractivity contribution in [1.29, 1.82) is 0 Å². The van der Waals surface area contributed by atoms with Crippen LogP contribution in [0.5, 0.6) is 0 Å². The molecule has 0 saturated carbocycles. The van der Waals surface area contributed by atoms with E-state index in [9.17, 15) is 19.7 Å². The minimum Gasteiger partial charge on any atom is -0.372 e. The van der Waals surface area contributed by atoms with Crippen LogP contribution in [-0.2, 0) is 6.54 Å². The lowest BCUT2D eigenvalue weighted by Gasteiger charge is -2.35. The third-order valence-electron chi connectivity index (χ3n) is 6.54. The molecule has 0 bridgehead atoms. The number of hydrogen-bond acceptors (Lipinski definition) is 8. The molecule has 0 N–H and O–H groups in total. The number of amides is 1. The number of ketones is 1. The van der Waals surface area contributed by atoms with E-state index >= 15 is 0 Å². The fourth-order valence-electron chi connectivity index (χ4n) is 4.44. The summed E-state index contributed by atoms with van der Waals surface area (Å²) in [6.45, 7) is 6.93. The van der Waals surface area contributed by atoms with Crippen molar-refractivity contribution in [3.05, 3.63) is 86.3 Å². The van der Waals surface area contributed by atoms with Crippen molar-refractivity contribution in [2.45, 2.75) is 20.4 Å². The first-order valence-electron chi connectivity index (χ1n) is 11.7. The molecule has 0 unspecified atom stereocenters. The van der Waals surface area contributed by atoms with Gasteiger partial charge in [0, 0.05) is 69.6 Å². The van der Waals surface area contributed by atoms with Crippen molar-refractivity contribution in [2.24, 2.45) is 0 Å². The second kappa shape index (κ2) is 10.3. The Labute approximate surface area is 209 Å². The molecule has 0 spiro atoms. The van der Waals surface area contributed by atoms with Crippen LogP contribution in [0.2, 0.25) is 0 Å². The molecule has 188 valence electrons. The van der Waals surface area contributed by atoms with Crippen molar-refractivity contribution in [3.63, 3.8) is 0 Å². The van der Waals surface area contributed by atoms with Gasteiger partial charge in [0.15, 0.2) is 5.78 Å². The first kappa shape index (κ1) is 25.1. The zero-order valence-corrected chi connectivity index (χ0v) is 20.9. The van der Waals surface area contributed by atoms with Crippen LogP contribution in [0.3, 0.4) is 0 Å². The monoisotopic (exact) mass is 491 g/mol. The third-order valence-corrected chi connectivity index (χ3v) is 6.54. The first-order valence-corrected chi connectivity index (χ1v) is 11.7. The van der Waals surface area contributed by atoms with Crippen molar-refractivity contribution in [1.82, 2.24) is 15.0 Å². The molecule has 1 fully saturated rings. The molecule has 2 heterocycles. The summed E-state index contributed by atoms with van der Waals surface area (Å²) in [5.41, 5.74) is 2.86. The van der Waals surface area contributed by atoms with Gasteiger partial charge in [-0.05, 0) is 32.0 Å². The van der Waals surface area contributed by atoms with Crippen LogP contribution < -0.4 is 4.90 Å². The Morgan fingerprint density at radius 2 is 1.72 bits per heavy atom. The number of nitro groups is 1. The van der Waals surface area contributed by atoms with Crippen molar-refractivity contribution in [3.8, 4) is 0 Å². The normalized spacial score (nSPS) is 14.1. The number of carbonyl (C=O) groups excluding carboxylic acids is 2. The van der Waals surface area contributed by atoms with Gasteiger partial charge in [-0.25, -0.2) is 0 Å². The smallest absolute Gasteiger partial charge is 0.293 e. The number of hydrogen-bond donors (Lipinski definition) is 0. The number of nitrogens with zero attached hydrogens (tertiary/aromatic N) is 5. The van der Waals surface area contributed by atoms with Crippen molar-refractivity contribution < 1.29 is 19.0 Å². The highest BCUT2D eigenvalue weighted by atomic mass is 16.6. The lowest BCUT2D eigenvalue weighted by molar-refractivity contribution is -0.384. The van der Waals surface area contributed by atoms with E-state index in [4.69, 9.17) is 4.52 Å². The van der Waals surface area contributed by atoms with Gasteiger partial charge in [0.2, 0.25) is 0 Å². The van der Waals surface area contributed by atoms with Gasteiger partial charge in [0.1, 0.15) is 11.4 Å². The zero-order chi connectivity index (χ0) is 26.0. The Morgan fingerprint density at radius 1 is 1.06 bits per heavy atom. The molecule has 1 aromatic heterocycles. The molecular formula is C26H29N5O5. The molecule has 1 amide bonds. The Bertz CT molecular complexity index is 1290. The summed E-state index contributed by atoms with van der Waals surface area (Å²) in [5, 5.41) is 15.6. The lowest BCUT2D eigenvalue weighted by atomic mass is 9.96. The van der Waals surface area contributed by atoms with Gasteiger partial charge in [-0.2, -0.15) is 0 Å². The molecular weight excluding hydrogens is 462 g/mol. The average Bonchev–Trinajstić information content (AvgIpc) is 3.20. The Balaban J connectivity index is 1.51. The summed E-state index contributed by atoms with van der Waals surface area (Å²) < 4.78 is 5.25. The number of aryl methyl sites for hydroxylation is 2. The molecule has 1 aliphatic heterocycles. The maximum atomic E-state index is 13.4. The highest BCUT2D eigenvalue weighted by Gasteiger charge is 2.27. The summed E-state index contributed by atoms with van der Waals surface area (Å²) in [7, 11) is 3.40. The van der Waals surface area contributed by atoms with Gasteiger partial charge in [0.05, 0.1) is 16.2 Å². The van der Waals surface area contributed by atoms with Gasteiger partial charge < -0.3 is 14.3 Å². The lowest BCUT2D eigenvalue weighted by Crippen LogP contribution is -2.48. The van der Waals surface area contributed by atoms with E-state index in [2.05, 4.69) is 10.1 Å². The van der Waals surface area contributed by atoms with E-state index in [0.717, 1.165) is 17.0 Å². The van der Waals surface area contributed by atoms with Crippen LogP contribution in [0.4, 0.5) is 11.4 Å². The van der Waals surface area contributed by atoms with Crippen LogP contribution in [-0.4, -0.2) is 71.8 Å². The van der Waals surface area contributed by atoms with Crippen LogP contribution in [0.25, 0.3) is 0 Å². The Morgan fingerprint density at radius 3 is 2.31 bits per heavy atom. The number of piperazine rings is 1. The maximum Gasteiger partial charge on any atom is 0.293 e. The Kier molecular flexibility index (Phi) is 7.16. The SMILES string of the molecule is Cc1noc(C)c1CN1CCN(C(=O)c2ccccc2C(=O)c2ccc(N(C)C)c([N+](=O)[O-])c2)CC1. The second-order valence-corrected chi connectivity index (χ2v) is 9.10. The molecule has 1 saturated heterocycles. The third kappa shape index (κ3) is 4.99. The van der Waals surface area contributed by atoms with Gasteiger partial charge >= 0.3 is 0 Å². The number of aromatic nitrogens is 1. The molecule has 2 aromatic carbocycles. The summed E-state index contributed by atoms with van der Waals surface area (Å²) in [4.78, 5) is 43.5. The van der Waals surface area contributed by atoms with Crippen LogP contribution >= 0.6 is 0 Å². The quantitative estimate of drug-likeness (QED) is 0.281. The second-order valence-electron chi connectivity index (χ2n) is 9.10. The minimum absolute atomic E-state index is 0.163. The first-order chi connectivity index (χ1) is 17.2. The van der Waals surface area contributed by atoms with Gasteiger partial charge in [-0.3, -0.25) is 24.6 Å². The van der Waals surface area contributed by atoms with E-state index in [1.54, 1.807) is 60.3 Å². The molecule has 1 aliphatic rings. The summed E-state index contributed by atoms with van der Waals surface area (Å²) in [6.07, 6.45) is 0. The van der Waals surface area contributed by atoms with Crippen LogP contribution in [0.1, 0.15) is 43.3 Å². The fraction of sp³-hybridized carbons (Fsp3) is 0.346. The highest BCUT2D eigenvalue weighted by molar-refractivity contribution is 6.15. The topological polar surface area (TPSA) is 113 Å². The van der Waals surface area contributed by atoms with Gasteiger partial charge in [-0.1, -0.05) is 23.4 Å². The summed E-state index contributed by atoms with van der Waals surface area (Å²) in [5.74, 6) is 0.150. The maximum absolute atomic E-state index is 13.4. The van der Waals surface area contributed by atoms with E-state index in [1.807, 2.05) is 13.8 Å². The van der Waals surface area contributed by atoms with Crippen LogP contribution in [0, 0.1) is 24.0 Å². The minimum atomic E-state index is -0.509. The molecule has 0 radical (unpaired) electrons. The molecule has 0 atom stereocenters. The highest BCUT2D eigenvalue weighted by Crippen LogP contribution is 2.29. The van der Waals surface area contributed by atoms with E-state index < -0.39 is 10.7 Å². The van der Waals surface area contributed by atoms with Crippen LogP contribution in [0.15, 0.2) is 47.0 Å². The van der Waals surface area contributed by atoms with Gasteiger partial charge in [0.25, 0.3) is 11.6 Å². The predicted octanol–water partition coefficient (Wildman–Crippen LogP) is 3.45. The number of anilines is 1. The standard InChI is InChI=1S/C26H29N5O5/c1-17-22(18(2)36-27-17)16-29-11-13-30(14-12-29)26(33)21-8-6-5-7-20(21)25(32)19-9-10-23(28(3)4)24(15-19)31(34)35/h5-10,15H,11-14,16H2,1-4H3. The van der Waals surface area contributed by atoms with Gasteiger partial charge in [-0.15, -0.1) is 0 Å². The molecule has 4 rings (SSSR count). The zero-order valence-electron chi connectivity index (χ0n) is 20.9. The van der Waals surface area contributed by atoms with E-state index in [1.165, 1.54) is 6.07 Å². The summed E-state index contributed by atoms with van der Waals surface area (Å²) >= 11 is 0. The molecule has 10 nitrogen and oxygen atoms in total. The number of carbonyl (C=O) groups is 2. The molecule has 10 heteroatoms. The van der Waals surface area contributed by atoms with Crippen molar-refractivity contribution in [2.75, 3.05) is 45.2 Å².